The summed E-state index contributed by atoms with van der Waals surface area (Å²) in [5, 5.41) is 40.7. The number of nitrogen functional groups attached to an aromatic ring is 1. The molecular weight excluding hydrogens is 522 g/mol. The van der Waals surface area contributed by atoms with Crippen molar-refractivity contribution in [2.24, 2.45) is 0 Å². The van der Waals surface area contributed by atoms with E-state index in [1.807, 2.05) is 0 Å². The Bertz CT molecular complexity index is 1560. The summed E-state index contributed by atoms with van der Waals surface area (Å²) in [5.74, 6) is 0. The van der Waals surface area contributed by atoms with Crippen molar-refractivity contribution < 1.29 is 37.3 Å². The lowest BCUT2D eigenvalue weighted by molar-refractivity contribution is 0.217. The van der Waals surface area contributed by atoms with E-state index in [0.717, 1.165) is 20.1 Å². The summed E-state index contributed by atoms with van der Waals surface area (Å²) in [6.07, 6.45) is 0. The van der Waals surface area contributed by atoms with Crippen LogP contribution < -0.4 is 5.73 Å². The van der Waals surface area contributed by atoms with Crippen molar-refractivity contribution in [2.75, 3.05) is 58.3 Å². The van der Waals surface area contributed by atoms with Gasteiger partial charge in [-0.3, -0.25) is 0 Å². The molecular formula is C24H29N3O8S2. The Labute approximate surface area is 214 Å². The van der Waals surface area contributed by atoms with E-state index in [1.165, 1.54) is 0 Å². The number of aliphatic hydroxyl groups is 4. The van der Waals surface area contributed by atoms with Gasteiger partial charge < -0.3 is 26.2 Å². The summed E-state index contributed by atoms with van der Waals surface area (Å²) in [4.78, 5) is -0.629. The van der Waals surface area contributed by atoms with Crippen LogP contribution in [0.3, 0.4) is 0 Å². The maximum atomic E-state index is 13.8. The molecule has 4 aromatic rings. The summed E-state index contributed by atoms with van der Waals surface area (Å²) in [7, 11) is -8.79. The number of benzene rings is 4. The number of rotatable bonds is 12. The van der Waals surface area contributed by atoms with E-state index in [-0.39, 0.29) is 46.7 Å². The van der Waals surface area contributed by atoms with Gasteiger partial charge in [0.25, 0.3) is 0 Å². The molecule has 4 rings (SSSR count). The van der Waals surface area contributed by atoms with Crippen LogP contribution in [-0.4, -0.2) is 98.5 Å². The first kappa shape index (κ1) is 27.4. The molecule has 0 radical (unpaired) electrons. The molecule has 0 saturated carbocycles. The Kier molecular flexibility index (Phi) is 7.88. The summed E-state index contributed by atoms with van der Waals surface area (Å²) in [6.45, 7) is -3.24. The molecule has 0 saturated heterocycles. The SMILES string of the molecule is Nc1ccc2ccc3c(S(=O)(=O)N(CCO)CCO)cc(S(=O)(=O)N(CCO)CCO)c4ccc1c2c34. The van der Waals surface area contributed by atoms with Crippen LogP contribution in [0.1, 0.15) is 0 Å². The third-order valence-corrected chi connectivity index (χ3v) is 10.2. The van der Waals surface area contributed by atoms with Gasteiger partial charge in [-0.15, -0.1) is 0 Å². The molecule has 200 valence electrons. The molecule has 11 nitrogen and oxygen atoms in total. The van der Waals surface area contributed by atoms with Gasteiger partial charge in [-0.2, -0.15) is 8.61 Å². The molecule has 0 aliphatic heterocycles. The fourth-order valence-corrected chi connectivity index (χ4v) is 8.06. The van der Waals surface area contributed by atoms with E-state index in [2.05, 4.69) is 0 Å². The van der Waals surface area contributed by atoms with E-state index in [9.17, 15) is 37.3 Å². The number of anilines is 1. The van der Waals surface area contributed by atoms with Crippen LogP contribution in [0.15, 0.2) is 52.3 Å². The molecule has 0 aliphatic rings. The zero-order valence-corrected chi connectivity index (χ0v) is 21.5. The van der Waals surface area contributed by atoms with Gasteiger partial charge in [0.2, 0.25) is 20.0 Å². The first-order chi connectivity index (χ1) is 17.6. The molecule has 0 amide bonds. The quantitative estimate of drug-likeness (QED) is 0.121. The first-order valence-electron chi connectivity index (χ1n) is 11.6. The number of nitrogens with two attached hydrogens (primary N) is 1. The monoisotopic (exact) mass is 551 g/mol. The van der Waals surface area contributed by atoms with E-state index in [0.29, 0.717) is 21.8 Å². The van der Waals surface area contributed by atoms with Crippen LogP contribution in [0, 0.1) is 0 Å². The Morgan fingerprint density at radius 1 is 0.595 bits per heavy atom. The van der Waals surface area contributed by atoms with Crippen molar-refractivity contribution in [3.05, 3.63) is 42.5 Å². The lowest BCUT2D eigenvalue weighted by Crippen LogP contribution is -2.37. The molecule has 0 heterocycles. The van der Waals surface area contributed by atoms with Gasteiger partial charge in [0, 0.05) is 53.4 Å². The number of aliphatic hydroxyl groups excluding tert-OH is 4. The minimum absolute atomic E-state index is 0.259. The maximum absolute atomic E-state index is 13.8. The summed E-state index contributed by atoms with van der Waals surface area (Å²) < 4.78 is 57.0. The molecule has 37 heavy (non-hydrogen) atoms. The number of hydrogen-bond donors (Lipinski definition) is 5. The number of hydrogen-bond acceptors (Lipinski definition) is 9. The third kappa shape index (κ3) is 4.62. The average Bonchev–Trinajstić information content (AvgIpc) is 2.87. The third-order valence-electron chi connectivity index (χ3n) is 6.37. The van der Waals surface area contributed by atoms with Gasteiger partial charge in [-0.05, 0) is 22.9 Å². The van der Waals surface area contributed by atoms with Crippen molar-refractivity contribution >= 4 is 58.1 Å². The Hall–Kier alpha value is -2.62. The van der Waals surface area contributed by atoms with E-state index < -0.39 is 46.5 Å². The second-order valence-electron chi connectivity index (χ2n) is 8.48. The molecule has 6 N–H and O–H groups in total. The average molecular weight is 552 g/mol. The van der Waals surface area contributed by atoms with Gasteiger partial charge in [-0.25, -0.2) is 16.8 Å². The normalized spacial score (nSPS) is 13.1. The highest BCUT2D eigenvalue weighted by Crippen LogP contribution is 2.43. The zero-order chi connectivity index (χ0) is 27.0. The Balaban J connectivity index is 2.18. The second kappa shape index (κ2) is 10.6. The molecule has 0 bridgehead atoms. The standard InChI is InChI=1S/C24H29N3O8S2/c25-20-6-2-16-1-3-18-21(36(32,33)26(7-11-28)8-12-29)15-22(19-5-4-17(20)23(16)24(18)19)37(34,35)27(9-13-30)10-14-31/h1-6,15,28-31H,7-14,25H2. The molecule has 0 fully saturated rings. The highest BCUT2D eigenvalue weighted by molar-refractivity contribution is 7.90. The van der Waals surface area contributed by atoms with Crippen LogP contribution in [0.4, 0.5) is 5.69 Å². The molecule has 0 atom stereocenters. The fraction of sp³-hybridized carbons (Fsp3) is 0.333. The van der Waals surface area contributed by atoms with E-state index in [4.69, 9.17) is 5.73 Å². The predicted molar refractivity (Wildman–Crippen MR) is 140 cm³/mol. The second-order valence-corrected chi connectivity index (χ2v) is 12.3. The van der Waals surface area contributed by atoms with Crippen LogP contribution >= 0.6 is 0 Å². The Morgan fingerprint density at radius 2 is 1.00 bits per heavy atom. The van der Waals surface area contributed by atoms with Crippen LogP contribution in [-0.2, 0) is 20.0 Å². The van der Waals surface area contributed by atoms with Gasteiger partial charge in [0.05, 0.1) is 36.2 Å². The van der Waals surface area contributed by atoms with Crippen molar-refractivity contribution in [2.45, 2.75) is 9.79 Å². The smallest absolute Gasteiger partial charge is 0.243 e. The molecule has 13 heteroatoms. The van der Waals surface area contributed by atoms with Crippen molar-refractivity contribution in [3.63, 3.8) is 0 Å². The molecule has 0 unspecified atom stereocenters. The van der Waals surface area contributed by atoms with Gasteiger partial charge in [-0.1, -0.05) is 30.3 Å². The van der Waals surface area contributed by atoms with Crippen LogP contribution in [0.5, 0.6) is 0 Å². The largest absolute Gasteiger partial charge is 0.398 e. The number of nitrogens with zero attached hydrogens (tertiary/aromatic N) is 2. The van der Waals surface area contributed by atoms with E-state index >= 15 is 0 Å². The van der Waals surface area contributed by atoms with Gasteiger partial charge in [0.15, 0.2) is 0 Å². The summed E-state index contributed by atoms with van der Waals surface area (Å²) in [5.41, 5.74) is 6.64. The summed E-state index contributed by atoms with van der Waals surface area (Å²) in [6, 6.07) is 11.1. The molecule has 4 aromatic carbocycles. The maximum Gasteiger partial charge on any atom is 0.243 e. The highest BCUT2D eigenvalue weighted by atomic mass is 32.2. The minimum Gasteiger partial charge on any atom is -0.398 e. The van der Waals surface area contributed by atoms with Crippen molar-refractivity contribution in [1.82, 2.24) is 8.61 Å². The van der Waals surface area contributed by atoms with Gasteiger partial charge >= 0.3 is 0 Å². The van der Waals surface area contributed by atoms with Gasteiger partial charge in [0.1, 0.15) is 0 Å². The van der Waals surface area contributed by atoms with E-state index in [1.54, 1.807) is 36.4 Å². The van der Waals surface area contributed by atoms with Crippen molar-refractivity contribution in [1.29, 1.82) is 0 Å². The lowest BCUT2D eigenvalue weighted by atomic mass is 9.93. The predicted octanol–water partition coefficient (Wildman–Crippen LogP) is 0.117. The molecule has 0 aliphatic carbocycles. The molecule has 0 spiro atoms. The highest BCUT2D eigenvalue weighted by Gasteiger charge is 2.33. The lowest BCUT2D eigenvalue weighted by Gasteiger charge is -2.25. The molecule has 0 aromatic heterocycles. The summed E-state index contributed by atoms with van der Waals surface area (Å²) >= 11 is 0. The topological polar surface area (TPSA) is 182 Å². The zero-order valence-electron chi connectivity index (χ0n) is 19.9. The van der Waals surface area contributed by atoms with Crippen LogP contribution in [0.25, 0.3) is 32.3 Å². The van der Waals surface area contributed by atoms with Crippen LogP contribution in [0.2, 0.25) is 0 Å². The minimum atomic E-state index is -4.39. The van der Waals surface area contributed by atoms with Crippen molar-refractivity contribution in [3.8, 4) is 0 Å². The first-order valence-corrected chi connectivity index (χ1v) is 14.4. The fourth-order valence-electron chi connectivity index (χ4n) is 4.71. The Morgan fingerprint density at radius 3 is 1.46 bits per heavy atom. The number of sulfonamides is 2.